The number of nitrogens with zero attached hydrogens (tertiary/aromatic N) is 2. The topological polar surface area (TPSA) is 59.5 Å². The second-order valence-corrected chi connectivity index (χ2v) is 6.18. The smallest absolute Gasteiger partial charge is 0.312 e. The van der Waals surface area contributed by atoms with Crippen molar-refractivity contribution in [3.05, 3.63) is 64.9 Å². The molecule has 2 aromatic rings. The van der Waals surface area contributed by atoms with E-state index in [1.54, 1.807) is 30.3 Å². The molecular weight excluding hydrogens is 328 g/mol. The lowest BCUT2D eigenvalue weighted by molar-refractivity contribution is -0.151. The van der Waals surface area contributed by atoms with Gasteiger partial charge in [0.05, 0.1) is 17.7 Å². The van der Waals surface area contributed by atoms with Gasteiger partial charge in [0.2, 0.25) is 5.91 Å². The number of likely N-dealkylation sites (tertiary alicyclic amines) is 1. The van der Waals surface area contributed by atoms with Crippen molar-refractivity contribution in [3.8, 4) is 0 Å². The summed E-state index contributed by atoms with van der Waals surface area (Å²) < 4.78 is 5.38. The Morgan fingerprint density at radius 1 is 1.33 bits per heavy atom. The van der Waals surface area contributed by atoms with Gasteiger partial charge in [0.1, 0.15) is 6.61 Å². The Balaban J connectivity index is 1.74. The largest absolute Gasteiger partial charge is 0.459 e. The Kier molecular flexibility index (Phi) is 4.81. The van der Waals surface area contributed by atoms with E-state index >= 15 is 0 Å². The third-order valence-corrected chi connectivity index (χ3v) is 4.41. The average molecular weight is 345 g/mol. The van der Waals surface area contributed by atoms with Gasteiger partial charge in [-0.05, 0) is 17.7 Å². The molecule has 1 aliphatic heterocycles. The zero-order chi connectivity index (χ0) is 17.1. The first-order valence-electron chi connectivity index (χ1n) is 7.64. The number of hydrogen-bond donors (Lipinski definition) is 0. The molecule has 5 nitrogen and oxygen atoms in total. The predicted octanol–water partition coefficient (Wildman–Crippen LogP) is 3.00. The second-order valence-electron chi connectivity index (χ2n) is 5.74. The molecule has 3 rings (SSSR count). The normalized spacial score (nSPS) is 20.2. The Morgan fingerprint density at radius 2 is 2.08 bits per heavy atom. The summed E-state index contributed by atoms with van der Waals surface area (Å²) in [5.74, 6) is -0.987. The maximum absolute atomic E-state index is 12.5. The van der Waals surface area contributed by atoms with E-state index in [0.29, 0.717) is 10.7 Å². The minimum absolute atomic E-state index is 0.0370. The van der Waals surface area contributed by atoms with Crippen LogP contribution in [0, 0.1) is 5.92 Å². The van der Waals surface area contributed by atoms with Gasteiger partial charge in [-0.3, -0.25) is 14.6 Å². The van der Waals surface area contributed by atoms with Crippen molar-refractivity contribution < 1.29 is 14.3 Å². The average Bonchev–Trinajstić information content (AvgIpc) is 2.89. The van der Waals surface area contributed by atoms with Crippen molar-refractivity contribution in [1.29, 1.82) is 0 Å². The van der Waals surface area contributed by atoms with Crippen LogP contribution >= 0.6 is 11.6 Å². The van der Waals surface area contributed by atoms with Crippen molar-refractivity contribution >= 4 is 23.5 Å². The minimum atomic E-state index is -0.524. The predicted molar refractivity (Wildman–Crippen MR) is 89.1 cm³/mol. The molecule has 1 amide bonds. The van der Waals surface area contributed by atoms with Crippen LogP contribution in [0.3, 0.4) is 0 Å². The van der Waals surface area contributed by atoms with Crippen molar-refractivity contribution in [2.75, 3.05) is 7.05 Å². The molecule has 0 aliphatic carbocycles. The molecule has 1 saturated heterocycles. The highest BCUT2D eigenvalue weighted by Gasteiger charge is 2.43. The van der Waals surface area contributed by atoms with Gasteiger partial charge in [-0.25, -0.2) is 0 Å². The highest BCUT2D eigenvalue weighted by molar-refractivity contribution is 6.30. The number of pyridine rings is 1. The molecule has 0 spiro atoms. The Bertz CT molecular complexity index is 751. The molecule has 0 bridgehead atoms. The van der Waals surface area contributed by atoms with E-state index < -0.39 is 11.9 Å². The van der Waals surface area contributed by atoms with Crippen molar-refractivity contribution in [3.63, 3.8) is 0 Å². The summed E-state index contributed by atoms with van der Waals surface area (Å²) >= 11 is 5.90. The molecule has 0 saturated carbocycles. The molecule has 6 heteroatoms. The summed E-state index contributed by atoms with van der Waals surface area (Å²) in [5, 5.41) is 0.536. The highest BCUT2D eigenvalue weighted by Crippen LogP contribution is 2.37. The number of esters is 1. The van der Waals surface area contributed by atoms with Crippen molar-refractivity contribution in [2.24, 2.45) is 5.92 Å². The molecular formula is C18H17ClN2O3. The van der Waals surface area contributed by atoms with E-state index in [-0.39, 0.29) is 25.0 Å². The molecule has 1 aromatic heterocycles. The zero-order valence-corrected chi connectivity index (χ0v) is 13.9. The fraction of sp³-hybridized carbons (Fsp3) is 0.278. The van der Waals surface area contributed by atoms with E-state index in [1.807, 2.05) is 30.3 Å². The van der Waals surface area contributed by atoms with Crippen LogP contribution in [0.15, 0.2) is 48.7 Å². The van der Waals surface area contributed by atoms with Gasteiger partial charge < -0.3 is 9.64 Å². The molecule has 2 heterocycles. The van der Waals surface area contributed by atoms with Gasteiger partial charge >= 0.3 is 5.97 Å². The molecule has 0 radical (unpaired) electrons. The number of rotatable bonds is 4. The van der Waals surface area contributed by atoms with Crippen LogP contribution in [0.4, 0.5) is 0 Å². The van der Waals surface area contributed by atoms with Crippen LogP contribution in [0.25, 0.3) is 0 Å². The zero-order valence-electron chi connectivity index (χ0n) is 13.2. The summed E-state index contributed by atoms with van der Waals surface area (Å²) in [6, 6.07) is 12.5. The Labute approximate surface area is 145 Å². The van der Waals surface area contributed by atoms with Gasteiger partial charge in [0.15, 0.2) is 0 Å². The van der Waals surface area contributed by atoms with Crippen molar-refractivity contribution in [2.45, 2.75) is 19.1 Å². The molecule has 0 N–H and O–H groups in total. The third-order valence-electron chi connectivity index (χ3n) is 4.17. The molecule has 1 aliphatic rings. The highest BCUT2D eigenvalue weighted by atomic mass is 35.5. The lowest BCUT2D eigenvalue weighted by atomic mass is 9.94. The van der Waals surface area contributed by atoms with Crippen LogP contribution < -0.4 is 0 Å². The van der Waals surface area contributed by atoms with E-state index in [0.717, 1.165) is 5.56 Å². The number of amides is 1. The Hall–Kier alpha value is -2.40. The van der Waals surface area contributed by atoms with Gasteiger partial charge in [-0.1, -0.05) is 41.9 Å². The van der Waals surface area contributed by atoms with Gasteiger partial charge in [-0.15, -0.1) is 0 Å². The summed E-state index contributed by atoms with van der Waals surface area (Å²) in [5.41, 5.74) is 1.50. The summed E-state index contributed by atoms with van der Waals surface area (Å²) in [7, 11) is 1.71. The van der Waals surface area contributed by atoms with E-state index in [1.165, 1.54) is 0 Å². The number of hydrogen-bond acceptors (Lipinski definition) is 4. The van der Waals surface area contributed by atoms with Crippen LogP contribution in [-0.2, 0) is 20.9 Å². The molecule has 124 valence electrons. The van der Waals surface area contributed by atoms with Gasteiger partial charge in [-0.2, -0.15) is 0 Å². The number of aromatic nitrogens is 1. The molecule has 24 heavy (non-hydrogen) atoms. The molecule has 0 unspecified atom stereocenters. The number of ether oxygens (including phenoxy) is 1. The maximum atomic E-state index is 12.5. The third kappa shape index (κ3) is 3.41. The fourth-order valence-electron chi connectivity index (χ4n) is 2.97. The van der Waals surface area contributed by atoms with Crippen molar-refractivity contribution in [1.82, 2.24) is 9.88 Å². The van der Waals surface area contributed by atoms with E-state index in [9.17, 15) is 9.59 Å². The maximum Gasteiger partial charge on any atom is 0.312 e. The molecule has 1 aromatic carbocycles. The van der Waals surface area contributed by atoms with E-state index in [4.69, 9.17) is 16.3 Å². The number of halogens is 1. The molecule has 2 atom stereocenters. The SMILES string of the molecule is CN1C(=O)C[C@@H](C(=O)OCc2cc(Cl)ccn2)[C@H]1c1ccccc1. The quantitative estimate of drug-likeness (QED) is 0.800. The Morgan fingerprint density at radius 3 is 2.79 bits per heavy atom. The van der Waals surface area contributed by atoms with Crippen LogP contribution in [0.1, 0.15) is 23.7 Å². The first-order chi connectivity index (χ1) is 11.6. The summed E-state index contributed by atoms with van der Waals surface area (Å²) in [6.07, 6.45) is 1.71. The first kappa shape index (κ1) is 16.5. The standard InChI is InChI=1S/C18H17ClN2O3/c1-21-16(22)10-15(17(21)12-5-3-2-4-6-12)18(23)24-11-14-9-13(19)7-8-20-14/h2-9,15,17H,10-11H2,1H3/t15-,17-/m1/s1. The number of carbonyl (C=O) groups is 2. The fourth-order valence-corrected chi connectivity index (χ4v) is 3.15. The molecule has 1 fully saturated rings. The first-order valence-corrected chi connectivity index (χ1v) is 8.01. The monoisotopic (exact) mass is 344 g/mol. The lowest BCUT2D eigenvalue weighted by Gasteiger charge is -2.24. The summed E-state index contributed by atoms with van der Waals surface area (Å²) in [4.78, 5) is 30.3. The second kappa shape index (κ2) is 7.01. The lowest BCUT2D eigenvalue weighted by Crippen LogP contribution is -2.27. The van der Waals surface area contributed by atoms with Crippen LogP contribution in [-0.4, -0.2) is 28.8 Å². The van der Waals surface area contributed by atoms with Gasteiger partial charge in [0, 0.05) is 24.7 Å². The number of benzene rings is 1. The van der Waals surface area contributed by atoms with Crippen LogP contribution in [0.2, 0.25) is 5.02 Å². The summed E-state index contributed by atoms with van der Waals surface area (Å²) in [6.45, 7) is 0.0370. The minimum Gasteiger partial charge on any atom is -0.459 e. The van der Waals surface area contributed by atoms with E-state index in [2.05, 4.69) is 4.98 Å². The number of carbonyl (C=O) groups excluding carboxylic acids is 2. The van der Waals surface area contributed by atoms with Crippen LogP contribution in [0.5, 0.6) is 0 Å². The van der Waals surface area contributed by atoms with Gasteiger partial charge in [0.25, 0.3) is 0 Å².